The van der Waals surface area contributed by atoms with Crippen LogP contribution in [0.1, 0.15) is 32.6 Å². The maximum atomic E-state index is 12.8. The summed E-state index contributed by atoms with van der Waals surface area (Å²) in [5.41, 5.74) is 2.13. The number of nitrogens with one attached hydrogen (secondary N) is 2. The first kappa shape index (κ1) is 20.7. The summed E-state index contributed by atoms with van der Waals surface area (Å²) in [6.07, 6.45) is 6.77. The standard InChI is InChI=1S/C24H33N5O/c1-19(29-16-12-20(18-29)17-26-23-7-3-4-13-25-23)24(30)27-21-8-10-22(11-9-21)28-14-5-2-6-15-28/h3-4,7-11,13,19-20H,2,5-6,12,14-18H2,1H3,(H,25,26)(H,27,30). The van der Waals surface area contributed by atoms with Gasteiger partial charge < -0.3 is 15.5 Å². The Bertz CT molecular complexity index is 804. The third-order valence-electron chi connectivity index (χ3n) is 6.34. The summed E-state index contributed by atoms with van der Waals surface area (Å²) in [6.45, 7) is 7.05. The van der Waals surface area contributed by atoms with Gasteiger partial charge in [0.2, 0.25) is 5.91 Å². The lowest BCUT2D eigenvalue weighted by molar-refractivity contribution is -0.120. The first-order chi connectivity index (χ1) is 14.7. The zero-order valence-corrected chi connectivity index (χ0v) is 17.9. The van der Waals surface area contributed by atoms with Crippen LogP contribution in [0.3, 0.4) is 0 Å². The molecule has 6 heteroatoms. The molecule has 0 aliphatic carbocycles. The molecule has 2 saturated heterocycles. The van der Waals surface area contributed by atoms with E-state index in [0.717, 1.165) is 50.6 Å². The summed E-state index contributed by atoms with van der Waals surface area (Å²) in [5.74, 6) is 1.51. The third-order valence-corrected chi connectivity index (χ3v) is 6.34. The van der Waals surface area contributed by atoms with Crippen molar-refractivity contribution < 1.29 is 4.79 Å². The molecule has 2 aromatic rings. The molecule has 2 unspecified atom stereocenters. The fourth-order valence-electron chi connectivity index (χ4n) is 4.42. The molecule has 2 atom stereocenters. The monoisotopic (exact) mass is 407 g/mol. The Morgan fingerprint density at radius 2 is 1.90 bits per heavy atom. The number of anilines is 3. The third kappa shape index (κ3) is 5.30. The van der Waals surface area contributed by atoms with Gasteiger partial charge in [0.25, 0.3) is 0 Å². The predicted octanol–water partition coefficient (Wildman–Crippen LogP) is 3.83. The number of aromatic nitrogens is 1. The number of nitrogens with zero attached hydrogens (tertiary/aromatic N) is 3. The number of benzene rings is 1. The van der Waals surface area contributed by atoms with Crippen molar-refractivity contribution in [1.29, 1.82) is 0 Å². The van der Waals surface area contributed by atoms with Crippen molar-refractivity contribution in [3.8, 4) is 0 Å². The normalized spacial score (nSPS) is 20.7. The van der Waals surface area contributed by atoms with Crippen molar-refractivity contribution in [2.45, 2.75) is 38.6 Å². The second-order valence-corrected chi connectivity index (χ2v) is 8.51. The lowest BCUT2D eigenvalue weighted by atomic mass is 10.1. The molecule has 2 fully saturated rings. The van der Waals surface area contributed by atoms with Crippen LogP contribution in [0.5, 0.6) is 0 Å². The van der Waals surface area contributed by atoms with E-state index >= 15 is 0 Å². The summed E-state index contributed by atoms with van der Waals surface area (Å²) in [6, 6.07) is 14.1. The zero-order chi connectivity index (χ0) is 20.8. The van der Waals surface area contributed by atoms with Crippen LogP contribution in [0.4, 0.5) is 17.2 Å². The molecule has 1 amide bonds. The number of carbonyl (C=O) groups excluding carboxylic acids is 1. The lowest BCUT2D eigenvalue weighted by Crippen LogP contribution is -2.41. The van der Waals surface area contributed by atoms with Gasteiger partial charge in [-0.25, -0.2) is 4.98 Å². The van der Waals surface area contributed by atoms with E-state index in [4.69, 9.17) is 0 Å². The zero-order valence-electron chi connectivity index (χ0n) is 17.9. The Morgan fingerprint density at radius 3 is 2.63 bits per heavy atom. The minimum absolute atomic E-state index is 0.0686. The SMILES string of the molecule is CC(C(=O)Nc1ccc(N2CCCCC2)cc1)N1CCC(CNc2ccccn2)C1. The maximum absolute atomic E-state index is 12.8. The number of hydrogen-bond donors (Lipinski definition) is 2. The molecule has 30 heavy (non-hydrogen) atoms. The molecule has 0 saturated carbocycles. The van der Waals surface area contributed by atoms with Gasteiger partial charge >= 0.3 is 0 Å². The van der Waals surface area contributed by atoms with Crippen LogP contribution >= 0.6 is 0 Å². The number of amides is 1. The van der Waals surface area contributed by atoms with E-state index in [1.807, 2.05) is 37.3 Å². The van der Waals surface area contributed by atoms with Crippen molar-refractivity contribution in [3.05, 3.63) is 48.7 Å². The summed E-state index contributed by atoms with van der Waals surface area (Å²) in [5, 5.41) is 6.50. The summed E-state index contributed by atoms with van der Waals surface area (Å²) in [4.78, 5) is 21.8. The van der Waals surface area contributed by atoms with Crippen molar-refractivity contribution in [2.24, 2.45) is 5.92 Å². The van der Waals surface area contributed by atoms with Crippen LogP contribution in [0.25, 0.3) is 0 Å². The smallest absolute Gasteiger partial charge is 0.241 e. The van der Waals surface area contributed by atoms with Crippen LogP contribution in [0.2, 0.25) is 0 Å². The first-order valence-electron chi connectivity index (χ1n) is 11.2. The Hall–Kier alpha value is -2.60. The first-order valence-corrected chi connectivity index (χ1v) is 11.2. The molecule has 6 nitrogen and oxygen atoms in total. The van der Waals surface area contributed by atoms with Crippen LogP contribution < -0.4 is 15.5 Å². The number of carbonyl (C=O) groups is 1. The fourth-order valence-corrected chi connectivity index (χ4v) is 4.42. The Balaban J connectivity index is 1.24. The quantitative estimate of drug-likeness (QED) is 0.730. The highest BCUT2D eigenvalue weighted by atomic mass is 16.2. The highest BCUT2D eigenvalue weighted by molar-refractivity contribution is 5.94. The predicted molar refractivity (Wildman–Crippen MR) is 123 cm³/mol. The molecule has 0 spiro atoms. The van der Waals surface area contributed by atoms with Crippen molar-refractivity contribution >= 4 is 23.1 Å². The van der Waals surface area contributed by atoms with Crippen LogP contribution in [0, 0.1) is 5.92 Å². The Morgan fingerprint density at radius 1 is 1.10 bits per heavy atom. The van der Waals surface area contributed by atoms with Gasteiger partial charge in [-0.15, -0.1) is 0 Å². The van der Waals surface area contributed by atoms with Gasteiger partial charge in [-0.1, -0.05) is 6.07 Å². The van der Waals surface area contributed by atoms with Gasteiger partial charge in [0.05, 0.1) is 6.04 Å². The highest BCUT2D eigenvalue weighted by Crippen LogP contribution is 2.23. The van der Waals surface area contributed by atoms with E-state index in [9.17, 15) is 4.79 Å². The number of piperidine rings is 1. The van der Waals surface area contributed by atoms with Crippen LogP contribution in [-0.4, -0.2) is 54.6 Å². The molecular weight excluding hydrogens is 374 g/mol. The second kappa shape index (κ2) is 9.94. The average molecular weight is 408 g/mol. The largest absolute Gasteiger partial charge is 0.372 e. The van der Waals surface area contributed by atoms with E-state index in [1.54, 1.807) is 6.20 Å². The van der Waals surface area contributed by atoms with Crippen LogP contribution in [0.15, 0.2) is 48.7 Å². The summed E-state index contributed by atoms with van der Waals surface area (Å²) in [7, 11) is 0. The van der Waals surface area contributed by atoms with Gasteiger partial charge in [0, 0.05) is 43.8 Å². The minimum atomic E-state index is -0.133. The molecule has 160 valence electrons. The number of pyridine rings is 1. The lowest BCUT2D eigenvalue weighted by Gasteiger charge is -2.29. The average Bonchev–Trinajstić information content (AvgIpc) is 3.28. The molecule has 1 aromatic carbocycles. The van der Waals surface area contributed by atoms with Gasteiger partial charge in [-0.3, -0.25) is 9.69 Å². The van der Waals surface area contributed by atoms with E-state index < -0.39 is 0 Å². The maximum Gasteiger partial charge on any atom is 0.241 e. The van der Waals surface area contributed by atoms with Gasteiger partial charge in [0.1, 0.15) is 5.82 Å². The molecule has 4 rings (SSSR count). The van der Waals surface area contributed by atoms with Gasteiger partial charge in [-0.05, 0) is 81.5 Å². The molecular formula is C24H33N5O. The minimum Gasteiger partial charge on any atom is -0.372 e. The van der Waals surface area contributed by atoms with Crippen LogP contribution in [-0.2, 0) is 4.79 Å². The molecule has 2 aliphatic rings. The van der Waals surface area contributed by atoms with E-state index in [-0.39, 0.29) is 11.9 Å². The molecule has 0 bridgehead atoms. The highest BCUT2D eigenvalue weighted by Gasteiger charge is 2.29. The number of hydrogen-bond acceptors (Lipinski definition) is 5. The fraction of sp³-hybridized carbons (Fsp3) is 0.500. The molecule has 1 aromatic heterocycles. The van der Waals surface area contributed by atoms with Gasteiger partial charge in [-0.2, -0.15) is 0 Å². The topological polar surface area (TPSA) is 60.5 Å². The number of rotatable bonds is 7. The molecule has 2 aliphatic heterocycles. The van der Waals surface area contributed by atoms with Crippen molar-refractivity contribution in [3.63, 3.8) is 0 Å². The summed E-state index contributed by atoms with van der Waals surface area (Å²) < 4.78 is 0. The Labute approximate surface area is 179 Å². The number of likely N-dealkylation sites (tertiary alicyclic amines) is 1. The molecule has 3 heterocycles. The van der Waals surface area contributed by atoms with E-state index in [0.29, 0.717) is 5.92 Å². The second-order valence-electron chi connectivity index (χ2n) is 8.51. The Kier molecular flexibility index (Phi) is 6.84. The van der Waals surface area contributed by atoms with E-state index in [2.05, 4.69) is 37.6 Å². The van der Waals surface area contributed by atoms with Gasteiger partial charge in [0.15, 0.2) is 0 Å². The van der Waals surface area contributed by atoms with E-state index in [1.165, 1.54) is 24.9 Å². The van der Waals surface area contributed by atoms with Crippen molar-refractivity contribution in [2.75, 3.05) is 48.3 Å². The summed E-state index contributed by atoms with van der Waals surface area (Å²) >= 11 is 0. The molecule has 0 radical (unpaired) electrons. The van der Waals surface area contributed by atoms with Crippen molar-refractivity contribution in [1.82, 2.24) is 9.88 Å². The molecule has 2 N–H and O–H groups in total.